The Hall–Kier alpha value is -0.450. The normalized spacial score (nSPS) is 15.2. The monoisotopic (exact) mass is 285 g/mol. The van der Waals surface area contributed by atoms with Crippen LogP contribution in [0.25, 0.3) is 0 Å². The molecule has 0 aromatic carbocycles. The summed E-state index contributed by atoms with van der Waals surface area (Å²) in [6.07, 6.45) is 4.30. The molecule has 0 saturated carbocycles. The van der Waals surface area contributed by atoms with Gasteiger partial charge in [-0.05, 0) is 53.2 Å². The summed E-state index contributed by atoms with van der Waals surface area (Å²) in [7, 11) is 3.25. The van der Waals surface area contributed by atoms with Crippen molar-refractivity contribution in [3.8, 4) is 0 Å². The third kappa shape index (κ3) is 2.29. The first-order chi connectivity index (χ1) is 7.76. The third-order valence-corrected chi connectivity index (χ3v) is 3.57. The first-order valence-corrected chi connectivity index (χ1v) is 6.29. The zero-order valence-corrected chi connectivity index (χ0v) is 11.2. The molecule has 0 fully saturated rings. The fourth-order valence-corrected chi connectivity index (χ4v) is 2.66. The van der Waals surface area contributed by atoms with Gasteiger partial charge in [-0.25, -0.2) is 0 Å². The highest BCUT2D eigenvalue weighted by molar-refractivity contribution is 9.10. The molecule has 1 aromatic rings. The van der Waals surface area contributed by atoms with E-state index in [4.69, 9.17) is 9.47 Å². The molecule has 4 heteroatoms. The van der Waals surface area contributed by atoms with Crippen molar-refractivity contribution in [3.63, 3.8) is 0 Å². The largest absolute Gasteiger partial charge is 0.350 e. The zero-order valence-electron chi connectivity index (χ0n) is 9.62. The van der Waals surface area contributed by atoms with Crippen LogP contribution in [0.1, 0.15) is 36.1 Å². The molecule has 88 valence electrons. The standard InChI is InChI=1S/C12H16BrNO2/c1-15-12(16-2)11-9(13)7-8-5-3-4-6-10(8)14-11/h7,12H,3-6H2,1-2H3. The summed E-state index contributed by atoms with van der Waals surface area (Å²) in [4.78, 5) is 4.66. The number of ether oxygens (including phenoxy) is 2. The number of methoxy groups -OCH3 is 2. The summed E-state index contributed by atoms with van der Waals surface area (Å²) < 4.78 is 11.5. The predicted octanol–water partition coefficient (Wildman–Crippen LogP) is 3.01. The average molecular weight is 286 g/mol. The van der Waals surface area contributed by atoms with E-state index >= 15 is 0 Å². The molecule has 1 heterocycles. The molecular formula is C12H16BrNO2. The highest BCUT2D eigenvalue weighted by atomic mass is 79.9. The fraction of sp³-hybridized carbons (Fsp3) is 0.583. The summed E-state index contributed by atoms with van der Waals surface area (Å²) >= 11 is 3.54. The number of nitrogens with zero attached hydrogens (tertiary/aromatic N) is 1. The van der Waals surface area contributed by atoms with E-state index in [1.165, 1.54) is 24.1 Å². The second kappa shape index (κ2) is 5.25. The first kappa shape index (κ1) is 12.0. The Kier molecular flexibility index (Phi) is 3.95. The minimum absolute atomic E-state index is 0.387. The van der Waals surface area contributed by atoms with Crippen LogP contribution in [0.5, 0.6) is 0 Å². The lowest BCUT2D eigenvalue weighted by Crippen LogP contribution is -2.12. The van der Waals surface area contributed by atoms with Crippen molar-refractivity contribution in [2.75, 3.05) is 14.2 Å². The average Bonchev–Trinajstić information content (AvgIpc) is 2.31. The maximum atomic E-state index is 5.24. The third-order valence-electron chi connectivity index (χ3n) is 2.93. The Balaban J connectivity index is 2.38. The molecule has 0 unspecified atom stereocenters. The van der Waals surface area contributed by atoms with E-state index in [2.05, 4.69) is 27.0 Å². The van der Waals surface area contributed by atoms with E-state index in [-0.39, 0.29) is 6.29 Å². The van der Waals surface area contributed by atoms with Gasteiger partial charge in [-0.1, -0.05) is 0 Å². The number of hydrogen-bond acceptors (Lipinski definition) is 3. The van der Waals surface area contributed by atoms with E-state index in [0.29, 0.717) is 0 Å². The van der Waals surface area contributed by atoms with Crippen molar-refractivity contribution < 1.29 is 9.47 Å². The highest BCUT2D eigenvalue weighted by Gasteiger charge is 2.19. The van der Waals surface area contributed by atoms with Crippen molar-refractivity contribution in [2.45, 2.75) is 32.0 Å². The van der Waals surface area contributed by atoms with E-state index in [0.717, 1.165) is 23.0 Å². The Morgan fingerprint density at radius 1 is 1.25 bits per heavy atom. The quantitative estimate of drug-likeness (QED) is 0.800. The van der Waals surface area contributed by atoms with Crippen LogP contribution < -0.4 is 0 Å². The van der Waals surface area contributed by atoms with Crippen LogP contribution in [0.4, 0.5) is 0 Å². The summed E-state index contributed by atoms with van der Waals surface area (Å²) in [6.45, 7) is 0. The fourth-order valence-electron chi connectivity index (χ4n) is 2.11. The van der Waals surface area contributed by atoms with Gasteiger partial charge in [0.05, 0.1) is 0 Å². The molecule has 0 spiro atoms. The van der Waals surface area contributed by atoms with E-state index in [1.54, 1.807) is 14.2 Å². The van der Waals surface area contributed by atoms with Gasteiger partial charge in [0.25, 0.3) is 0 Å². The molecule has 0 aliphatic heterocycles. The number of aromatic nitrogens is 1. The topological polar surface area (TPSA) is 31.4 Å². The van der Waals surface area contributed by atoms with Crippen LogP contribution in [0.15, 0.2) is 10.5 Å². The Morgan fingerprint density at radius 2 is 1.94 bits per heavy atom. The molecule has 1 aliphatic rings. The molecule has 0 bridgehead atoms. The van der Waals surface area contributed by atoms with Crippen LogP contribution in [0.2, 0.25) is 0 Å². The molecule has 16 heavy (non-hydrogen) atoms. The van der Waals surface area contributed by atoms with Crippen molar-refractivity contribution in [1.82, 2.24) is 4.98 Å². The Morgan fingerprint density at radius 3 is 2.62 bits per heavy atom. The van der Waals surface area contributed by atoms with Crippen molar-refractivity contribution in [2.24, 2.45) is 0 Å². The Labute approximate surface area is 104 Å². The van der Waals surface area contributed by atoms with E-state index in [1.807, 2.05) is 0 Å². The van der Waals surface area contributed by atoms with Gasteiger partial charge in [0.2, 0.25) is 6.29 Å². The van der Waals surface area contributed by atoms with Crippen molar-refractivity contribution >= 4 is 15.9 Å². The molecule has 0 amide bonds. The smallest absolute Gasteiger partial charge is 0.201 e. The molecule has 0 radical (unpaired) electrons. The summed E-state index contributed by atoms with van der Waals surface area (Å²) in [5.74, 6) is 0. The first-order valence-electron chi connectivity index (χ1n) is 5.50. The lowest BCUT2D eigenvalue weighted by molar-refractivity contribution is -0.109. The maximum absolute atomic E-state index is 5.24. The van der Waals surface area contributed by atoms with Crippen LogP contribution in [-0.2, 0) is 22.3 Å². The number of aryl methyl sites for hydroxylation is 2. The Bertz CT molecular complexity index is 378. The van der Waals surface area contributed by atoms with Crippen LogP contribution in [-0.4, -0.2) is 19.2 Å². The van der Waals surface area contributed by atoms with Gasteiger partial charge in [0.15, 0.2) is 0 Å². The minimum Gasteiger partial charge on any atom is -0.350 e. The van der Waals surface area contributed by atoms with Gasteiger partial charge in [-0.15, -0.1) is 0 Å². The van der Waals surface area contributed by atoms with Gasteiger partial charge in [0, 0.05) is 24.4 Å². The van der Waals surface area contributed by atoms with Crippen molar-refractivity contribution in [3.05, 3.63) is 27.5 Å². The van der Waals surface area contributed by atoms with Crippen LogP contribution >= 0.6 is 15.9 Å². The lowest BCUT2D eigenvalue weighted by atomic mass is 9.96. The second-order valence-electron chi connectivity index (χ2n) is 3.97. The summed E-state index contributed by atoms with van der Waals surface area (Å²) in [6, 6.07) is 2.15. The van der Waals surface area contributed by atoms with Crippen LogP contribution in [0.3, 0.4) is 0 Å². The number of hydrogen-bond donors (Lipinski definition) is 0. The van der Waals surface area contributed by atoms with E-state index in [9.17, 15) is 0 Å². The lowest BCUT2D eigenvalue weighted by Gasteiger charge is -2.20. The molecule has 1 aromatic heterocycles. The van der Waals surface area contributed by atoms with Gasteiger partial charge in [-0.2, -0.15) is 0 Å². The summed E-state index contributed by atoms with van der Waals surface area (Å²) in [5.41, 5.74) is 3.39. The molecule has 1 aliphatic carbocycles. The molecule has 0 N–H and O–H groups in total. The molecular weight excluding hydrogens is 270 g/mol. The molecule has 2 rings (SSSR count). The van der Waals surface area contributed by atoms with E-state index < -0.39 is 0 Å². The van der Waals surface area contributed by atoms with Crippen molar-refractivity contribution in [1.29, 1.82) is 0 Å². The summed E-state index contributed by atoms with van der Waals surface area (Å²) in [5, 5.41) is 0. The highest BCUT2D eigenvalue weighted by Crippen LogP contribution is 2.29. The molecule has 0 atom stereocenters. The molecule has 3 nitrogen and oxygen atoms in total. The number of pyridine rings is 1. The van der Waals surface area contributed by atoms with Crippen LogP contribution in [0, 0.1) is 0 Å². The maximum Gasteiger partial charge on any atom is 0.201 e. The number of fused-ring (bicyclic) bond motifs is 1. The predicted molar refractivity (Wildman–Crippen MR) is 65.3 cm³/mol. The van der Waals surface area contributed by atoms with Gasteiger partial charge in [0.1, 0.15) is 5.69 Å². The molecule has 0 saturated heterocycles. The second-order valence-corrected chi connectivity index (χ2v) is 4.83. The number of halogens is 1. The van der Waals surface area contributed by atoms with Gasteiger partial charge in [-0.3, -0.25) is 4.98 Å². The minimum atomic E-state index is -0.387. The number of rotatable bonds is 3. The zero-order chi connectivity index (χ0) is 11.5. The van der Waals surface area contributed by atoms with Gasteiger partial charge >= 0.3 is 0 Å². The SMILES string of the molecule is COC(OC)c1nc2c(cc1Br)CCCC2. The van der Waals surface area contributed by atoms with Gasteiger partial charge < -0.3 is 9.47 Å².